The van der Waals surface area contributed by atoms with Gasteiger partial charge in [0.1, 0.15) is 15.9 Å². The van der Waals surface area contributed by atoms with Crippen LogP contribution in [0.1, 0.15) is 68.3 Å². The number of hydrogen-bond acceptors (Lipinski definition) is 8. The molecule has 0 saturated carbocycles. The summed E-state index contributed by atoms with van der Waals surface area (Å²) < 4.78 is 5.92. The highest BCUT2D eigenvalue weighted by molar-refractivity contribution is 9.10. The smallest absolute Gasteiger partial charge is 0.408 e. The van der Waals surface area contributed by atoms with Gasteiger partial charge in [0.15, 0.2) is 17.4 Å². The standard InChI is InChI=1S/C23H29BrN6O3/c1-13(31)16-20(29-19(25)18(24)27-16)30-10-7-23(8-11-30)12-15-14(6-5-9-26-15)17(23)28-21(32)33-22(2,3)4/h5-6,9,17H,7-8,10-12H2,1-4H3,(H2,25,29)(H,28,32)/t17-/m1/s1. The lowest BCUT2D eigenvalue weighted by molar-refractivity contribution is 0.0427. The molecule has 1 fully saturated rings. The van der Waals surface area contributed by atoms with Crippen molar-refractivity contribution in [1.29, 1.82) is 0 Å². The van der Waals surface area contributed by atoms with E-state index in [1.54, 1.807) is 6.20 Å². The van der Waals surface area contributed by atoms with Crippen molar-refractivity contribution < 1.29 is 14.3 Å². The summed E-state index contributed by atoms with van der Waals surface area (Å²) in [6.45, 7) is 8.32. The first-order valence-corrected chi connectivity index (χ1v) is 11.8. The first kappa shape index (κ1) is 23.4. The lowest BCUT2D eigenvalue weighted by atomic mass is 9.73. The lowest BCUT2D eigenvalue weighted by Gasteiger charge is -2.44. The number of ether oxygens (including phenoxy) is 1. The summed E-state index contributed by atoms with van der Waals surface area (Å²) in [6.07, 6.45) is 3.68. The van der Waals surface area contributed by atoms with Gasteiger partial charge in [-0.1, -0.05) is 6.07 Å². The number of nitrogen functional groups attached to an aromatic ring is 1. The van der Waals surface area contributed by atoms with Gasteiger partial charge in [0.25, 0.3) is 0 Å². The molecule has 4 rings (SSSR count). The molecule has 9 nitrogen and oxygen atoms in total. The van der Waals surface area contributed by atoms with Crippen LogP contribution in [-0.4, -0.2) is 45.5 Å². The number of carbonyl (C=O) groups is 2. The molecule has 1 spiro atoms. The van der Waals surface area contributed by atoms with Crippen molar-refractivity contribution in [2.75, 3.05) is 23.7 Å². The molecule has 3 heterocycles. The van der Waals surface area contributed by atoms with Crippen LogP contribution in [0.25, 0.3) is 0 Å². The summed E-state index contributed by atoms with van der Waals surface area (Å²) >= 11 is 3.26. The topological polar surface area (TPSA) is 123 Å². The molecule has 2 aliphatic rings. The monoisotopic (exact) mass is 516 g/mol. The van der Waals surface area contributed by atoms with Crippen molar-refractivity contribution in [3.63, 3.8) is 0 Å². The van der Waals surface area contributed by atoms with Crippen LogP contribution in [0.15, 0.2) is 22.9 Å². The summed E-state index contributed by atoms with van der Waals surface area (Å²) in [5.41, 5.74) is 7.52. The SMILES string of the molecule is CC(=O)c1nc(Br)c(N)nc1N1CCC2(CC1)Cc1ncccc1[C@H]2NC(=O)OC(C)(C)C. The van der Waals surface area contributed by atoms with Crippen LogP contribution in [-0.2, 0) is 11.2 Å². The molecule has 0 bridgehead atoms. The minimum absolute atomic E-state index is 0.166. The molecule has 0 radical (unpaired) electrons. The molecular formula is C23H29BrN6O3. The number of hydrogen-bond donors (Lipinski definition) is 2. The predicted octanol–water partition coefficient (Wildman–Crippen LogP) is 3.83. The first-order valence-electron chi connectivity index (χ1n) is 11.0. The number of amides is 1. The second kappa shape index (κ2) is 8.55. The Labute approximate surface area is 201 Å². The molecule has 0 aromatic carbocycles. The highest BCUT2D eigenvalue weighted by Gasteiger charge is 2.49. The van der Waals surface area contributed by atoms with Gasteiger partial charge in [-0.05, 0) is 67.6 Å². The van der Waals surface area contributed by atoms with Crippen LogP contribution < -0.4 is 16.0 Å². The Morgan fingerprint density at radius 2 is 1.97 bits per heavy atom. The van der Waals surface area contributed by atoms with E-state index in [0.717, 1.165) is 30.5 Å². The number of carbonyl (C=O) groups excluding carboxylic acids is 2. The molecule has 3 N–H and O–H groups in total. The van der Waals surface area contributed by atoms with E-state index in [2.05, 4.69) is 41.1 Å². The Kier molecular flexibility index (Phi) is 6.07. The van der Waals surface area contributed by atoms with Crippen molar-refractivity contribution in [2.45, 2.75) is 58.6 Å². The van der Waals surface area contributed by atoms with E-state index < -0.39 is 11.7 Å². The largest absolute Gasteiger partial charge is 0.444 e. The molecular weight excluding hydrogens is 488 g/mol. The van der Waals surface area contributed by atoms with Crippen LogP contribution in [0.3, 0.4) is 0 Å². The zero-order valence-corrected chi connectivity index (χ0v) is 20.9. The lowest BCUT2D eigenvalue weighted by Crippen LogP contribution is -2.48. The Hall–Kier alpha value is -2.75. The molecule has 2 aromatic rings. The van der Waals surface area contributed by atoms with E-state index in [9.17, 15) is 9.59 Å². The Bertz CT molecular complexity index is 1090. The number of ketones is 1. The predicted molar refractivity (Wildman–Crippen MR) is 128 cm³/mol. The molecule has 1 saturated heterocycles. The number of piperidine rings is 1. The van der Waals surface area contributed by atoms with Crippen LogP contribution in [0.2, 0.25) is 0 Å². The fourth-order valence-electron chi connectivity index (χ4n) is 4.79. The number of halogens is 1. The molecule has 10 heteroatoms. The summed E-state index contributed by atoms with van der Waals surface area (Å²) in [6, 6.07) is 3.72. The van der Waals surface area contributed by atoms with Crippen molar-refractivity contribution >= 4 is 39.4 Å². The van der Waals surface area contributed by atoms with Gasteiger partial charge in [0, 0.05) is 37.3 Å². The minimum Gasteiger partial charge on any atom is -0.444 e. The van der Waals surface area contributed by atoms with Gasteiger partial charge in [-0.25, -0.2) is 14.8 Å². The maximum absolute atomic E-state index is 12.7. The van der Waals surface area contributed by atoms with E-state index in [0.29, 0.717) is 29.2 Å². The average molecular weight is 517 g/mol. The van der Waals surface area contributed by atoms with Crippen molar-refractivity contribution in [2.24, 2.45) is 5.41 Å². The molecule has 2 aromatic heterocycles. The fraction of sp³-hybridized carbons (Fsp3) is 0.522. The zero-order valence-electron chi connectivity index (χ0n) is 19.3. The molecule has 1 aliphatic carbocycles. The quantitative estimate of drug-likeness (QED) is 0.589. The third-order valence-corrected chi connectivity index (χ3v) is 6.86. The third-order valence-electron chi connectivity index (χ3n) is 6.28. The number of Topliss-reactive ketones (excluding diaryl/α,β-unsaturated/α-hetero) is 1. The van der Waals surface area contributed by atoms with Gasteiger partial charge in [0.05, 0.1) is 6.04 Å². The number of alkyl carbamates (subject to hydrolysis) is 1. The Balaban J connectivity index is 1.59. The van der Waals surface area contributed by atoms with E-state index >= 15 is 0 Å². The highest BCUT2D eigenvalue weighted by atomic mass is 79.9. The number of rotatable bonds is 3. The van der Waals surface area contributed by atoms with E-state index in [1.165, 1.54) is 6.92 Å². The summed E-state index contributed by atoms with van der Waals surface area (Å²) in [4.78, 5) is 40.3. The number of fused-ring (bicyclic) bond motifs is 1. The number of pyridine rings is 1. The molecule has 1 amide bonds. The third kappa shape index (κ3) is 4.66. The number of nitrogens with two attached hydrogens (primary N) is 1. The second-order valence-electron chi connectivity index (χ2n) is 9.77. The average Bonchev–Trinajstić information content (AvgIpc) is 3.01. The van der Waals surface area contributed by atoms with Crippen LogP contribution in [0.5, 0.6) is 0 Å². The highest BCUT2D eigenvalue weighted by Crippen LogP contribution is 2.52. The van der Waals surface area contributed by atoms with Gasteiger partial charge in [0.2, 0.25) is 0 Å². The molecule has 176 valence electrons. The van der Waals surface area contributed by atoms with Gasteiger partial charge in [-0.3, -0.25) is 9.78 Å². The zero-order chi connectivity index (χ0) is 24.0. The van der Waals surface area contributed by atoms with E-state index in [-0.39, 0.29) is 23.1 Å². The summed E-state index contributed by atoms with van der Waals surface area (Å²) in [5, 5.41) is 3.12. The Morgan fingerprint density at radius 1 is 1.27 bits per heavy atom. The van der Waals surface area contributed by atoms with Crippen molar-refractivity contribution in [3.05, 3.63) is 39.9 Å². The number of aromatic nitrogens is 3. The van der Waals surface area contributed by atoms with Crippen LogP contribution >= 0.6 is 15.9 Å². The second-order valence-corrected chi connectivity index (χ2v) is 10.5. The van der Waals surface area contributed by atoms with Crippen LogP contribution in [0.4, 0.5) is 16.4 Å². The first-order chi connectivity index (χ1) is 15.5. The molecule has 33 heavy (non-hydrogen) atoms. The van der Waals surface area contributed by atoms with Gasteiger partial charge < -0.3 is 20.7 Å². The minimum atomic E-state index is -0.583. The Morgan fingerprint density at radius 3 is 2.61 bits per heavy atom. The normalized spacial score (nSPS) is 19.3. The maximum atomic E-state index is 12.7. The van der Waals surface area contributed by atoms with Gasteiger partial charge in [-0.15, -0.1) is 0 Å². The number of nitrogens with zero attached hydrogens (tertiary/aromatic N) is 4. The van der Waals surface area contributed by atoms with Crippen LogP contribution in [0, 0.1) is 5.41 Å². The molecule has 0 unspecified atom stereocenters. The van der Waals surface area contributed by atoms with Gasteiger partial charge in [-0.2, -0.15) is 0 Å². The summed E-state index contributed by atoms with van der Waals surface area (Å²) in [7, 11) is 0. The van der Waals surface area contributed by atoms with E-state index in [1.807, 2.05) is 32.9 Å². The number of anilines is 2. The van der Waals surface area contributed by atoms with Crippen molar-refractivity contribution in [1.82, 2.24) is 20.3 Å². The maximum Gasteiger partial charge on any atom is 0.408 e. The fourth-order valence-corrected chi connectivity index (χ4v) is 5.05. The molecule has 1 atom stereocenters. The van der Waals surface area contributed by atoms with Crippen molar-refractivity contribution in [3.8, 4) is 0 Å². The van der Waals surface area contributed by atoms with E-state index in [4.69, 9.17) is 10.5 Å². The van der Waals surface area contributed by atoms with Gasteiger partial charge >= 0.3 is 6.09 Å². The summed E-state index contributed by atoms with van der Waals surface area (Å²) in [5.74, 6) is 0.584. The molecule has 1 aliphatic heterocycles. The number of nitrogens with one attached hydrogen (secondary N) is 1.